The van der Waals surface area contributed by atoms with E-state index in [4.69, 9.17) is 4.74 Å². The first-order valence-electron chi connectivity index (χ1n) is 7.10. The summed E-state index contributed by atoms with van der Waals surface area (Å²) in [5, 5.41) is 23.4. The first kappa shape index (κ1) is 16.4. The van der Waals surface area contributed by atoms with Gasteiger partial charge in [0.2, 0.25) is 0 Å². The highest BCUT2D eigenvalue weighted by molar-refractivity contribution is 7.62. The van der Waals surface area contributed by atoms with Gasteiger partial charge in [-0.2, -0.15) is 0 Å². The van der Waals surface area contributed by atoms with Crippen LogP contribution in [0.1, 0.15) is 11.6 Å². The Morgan fingerprint density at radius 2 is 2.04 bits per heavy atom. The molecule has 0 unspecified atom stereocenters. The van der Waals surface area contributed by atoms with E-state index in [9.17, 15) is 19.6 Å². The summed E-state index contributed by atoms with van der Waals surface area (Å²) < 4.78 is 17.2. The van der Waals surface area contributed by atoms with Crippen molar-refractivity contribution in [2.45, 2.75) is 24.5 Å². The highest BCUT2D eigenvalue weighted by atomic mass is 31.2. The zero-order valence-electron chi connectivity index (χ0n) is 12.7. The third kappa shape index (κ3) is 3.11. The summed E-state index contributed by atoms with van der Waals surface area (Å²) in [6, 6.07) is -0.661. The minimum atomic E-state index is -2.41. The van der Waals surface area contributed by atoms with E-state index in [0.29, 0.717) is 16.6 Å². The second-order valence-electron chi connectivity index (χ2n) is 6.12. The number of nitrogens with zero attached hydrogens (tertiary/aromatic N) is 1. The van der Waals surface area contributed by atoms with Gasteiger partial charge in [-0.15, -0.1) is 0 Å². The van der Waals surface area contributed by atoms with Gasteiger partial charge in [-0.05, 0) is 13.3 Å². The van der Waals surface area contributed by atoms with Gasteiger partial charge in [0.25, 0.3) is 5.56 Å². The highest BCUT2D eigenvalue weighted by Crippen LogP contribution is 2.38. The molecule has 1 aliphatic heterocycles. The lowest BCUT2D eigenvalue weighted by molar-refractivity contribution is -0.0484. The van der Waals surface area contributed by atoms with Crippen LogP contribution in [0.5, 0.6) is 0 Å². The largest absolute Gasteiger partial charge is 0.388 e. The molecule has 0 bridgehead atoms. The summed E-state index contributed by atoms with van der Waals surface area (Å²) in [4.78, 5) is 21.1. The number of hydrogen-bond acceptors (Lipinski definition) is 7. The lowest BCUT2D eigenvalue weighted by Crippen LogP contribution is -2.35. The van der Waals surface area contributed by atoms with Gasteiger partial charge in [0.1, 0.15) is 43.0 Å². The van der Waals surface area contributed by atoms with Crippen molar-refractivity contribution in [2.75, 3.05) is 19.7 Å². The monoisotopic (exact) mass is 342 g/mol. The van der Waals surface area contributed by atoms with Crippen molar-refractivity contribution < 1.29 is 19.5 Å². The summed E-state index contributed by atoms with van der Waals surface area (Å²) in [5.74, 6) is 0. The molecule has 3 rings (SSSR count). The first-order valence-corrected chi connectivity index (χ1v) is 9.89. The van der Waals surface area contributed by atoms with E-state index >= 15 is 0 Å². The molecule has 0 spiro atoms. The van der Waals surface area contributed by atoms with E-state index in [1.807, 2.05) is 0 Å². The second-order valence-corrected chi connectivity index (χ2v) is 9.52. The Hall–Kier alpha value is -1.51. The van der Waals surface area contributed by atoms with Crippen molar-refractivity contribution in [2.24, 2.45) is 0 Å². The second kappa shape index (κ2) is 5.85. The van der Waals surface area contributed by atoms with Gasteiger partial charge in [0.15, 0.2) is 0 Å². The molecule has 10 heteroatoms. The molecule has 4 atom stereocenters. The van der Waals surface area contributed by atoms with E-state index in [2.05, 4.69) is 20.3 Å². The van der Waals surface area contributed by atoms with E-state index in [-0.39, 0.29) is 11.9 Å². The number of hydrogen-bond donors (Lipinski definition) is 5. The maximum Gasteiger partial charge on any atom is 0.275 e. The number of aromatic nitrogens is 3. The van der Waals surface area contributed by atoms with Crippen LogP contribution in [0.3, 0.4) is 0 Å². The lowest BCUT2D eigenvalue weighted by Gasteiger charge is -2.18. The SMILES string of the molecule is CP(C)(=O)CO[C@H]1N[C@@H](c2c[nH]c3c(=O)[nH]cnc23)[C@H](O)[C@@H]1O. The number of aliphatic hydroxyl groups is 2. The molecular formula is C13H19N4O5P. The normalized spacial score (nSPS) is 28.5. The van der Waals surface area contributed by atoms with Gasteiger partial charge >= 0.3 is 0 Å². The predicted octanol–water partition coefficient (Wildman–Crippen LogP) is -0.460. The molecule has 2 aromatic heterocycles. The summed E-state index contributed by atoms with van der Waals surface area (Å²) in [5.41, 5.74) is 0.941. The van der Waals surface area contributed by atoms with Crippen LogP contribution in [0, 0.1) is 0 Å². The summed E-state index contributed by atoms with van der Waals surface area (Å²) >= 11 is 0. The van der Waals surface area contributed by atoms with Gasteiger partial charge in [0, 0.05) is 11.8 Å². The zero-order valence-corrected chi connectivity index (χ0v) is 13.6. The Morgan fingerprint density at radius 1 is 1.30 bits per heavy atom. The van der Waals surface area contributed by atoms with Crippen LogP contribution in [0.4, 0.5) is 0 Å². The topological polar surface area (TPSA) is 140 Å². The smallest absolute Gasteiger partial charge is 0.275 e. The quantitative estimate of drug-likeness (QED) is 0.474. The van der Waals surface area contributed by atoms with Crippen molar-refractivity contribution in [3.63, 3.8) is 0 Å². The Labute approximate surface area is 131 Å². The van der Waals surface area contributed by atoms with Crippen LogP contribution >= 0.6 is 7.14 Å². The molecule has 9 nitrogen and oxygen atoms in total. The van der Waals surface area contributed by atoms with Crippen LogP contribution in [0.2, 0.25) is 0 Å². The number of H-pyrrole nitrogens is 2. The van der Waals surface area contributed by atoms with Crippen molar-refractivity contribution >= 4 is 18.2 Å². The van der Waals surface area contributed by atoms with Gasteiger partial charge in [-0.3, -0.25) is 10.1 Å². The number of rotatable bonds is 4. The number of aromatic amines is 2. The predicted molar refractivity (Wildman–Crippen MR) is 83.8 cm³/mol. The zero-order chi connectivity index (χ0) is 16.8. The van der Waals surface area contributed by atoms with Crippen molar-refractivity contribution in [1.29, 1.82) is 0 Å². The van der Waals surface area contributed by atoms with Crippen molar-refractivity contribution in [3.8, 4) is 0 Å². The molecular weight excluding hydrogens is 323 g/mol. The number of aliphatic hydroxyl groups excluding tert-OH is 2. The minimum absolute atomic E-state index is 0.00697. The minimum Gasteiger partial charge on any atom is -0.388 e. The van der Waals surface area contributed by atoms with Gasteiger partial charge < -0.3 is 29.5 Å². The van der Waals surface area contributed by atoms with Crippen molar-refractivity contribution in [1.82, 2.24) is 20.3 Å². The molecule has 5 N–H and O–H groups in total. The number of nitrogens with one attached hydrogen (secondary N) is 3. The fourth-order valence-corrected chi connectivity index (χ4v) is 3.16. The number of ether oxygens (including phenoxy) is 1. The first-order chi connectivity index (χ1) is 10.8. The number of fused-ring (bicyclic) bond motifs is 1. The van der Waals surface area contributed by atoms with Crippen molar-refractivity contribution in [3.05, 3.63) is 28.4 Å². The third-order valence-corrected chi connectivity index (χ3v) is 4.51. The van der Waals surface area contributed by atoms with Crippen LogP contribution < -0.4 is 10.9 Å². The fourth-order valence-electron chi connectivity index (χ4n) is 2.64. The van der Waals surface area contributed by atoms with Gasteiger partial charge in [0.05, 0.1) is 12.4 Å². The van der Waals surface area contributed by atoms with E-state index in [1.165, 1.54) is 6.33 Å². The Kier molecular flexibility index (Phi) is 4.16. The third-order valence-electron chi connectivity index (χ3n) is 3.74. The molecule has 1 saturated heterocycles. The molecule has 3 heterocycles. The molecule has 0 saturated carbocycles. The highest BCUT2D eigenvalue weighted by Gasteiger charge is 2.43. The standard InChI is InChI=1S/C13H19N4O5P/c1-23(2,21)5-22-13-11(19)10(18)8(17-13)6-3-14-9-7(6)15-4-16-12(9)20/h3-4,8,10-11,13-14,17-19H,5H2,1-2H3,(H,15,16,20)/t8-,10-,11-,13+/m0/s1. The van der Waals surface area contributed by atoms with Crippen LogP contribution in [-0.4, -0.2) is 63.3 Å². The molecule has 1 aliphatic rings. The molecule has 0 aliphatic carbocycles. The average Bonchev–Trinajstić information content (AvgIpc) is 3.01. The van der Waals surface area contributed by atoms with E-state index in [0.717, 1.165) is 0 Å². The Morgan fingerprint density at radius 3 is 2.74 bits per heavy atom. The summed E-state index contributed by atoms with van der Waals surface area (Å²) in [7, 11) is -2.41. The molecule has 1 fully saturated rings. The maximum absolute atomic E-state index is 11.7. The molecule has 23 heavy (non-hydrogen) atoms. The average molecular weight is 342 g/mol. The molecule has 0 radical (unpaired) electrons. The molecule has 0 aromatic carbocycles. The van der Waals surface area contributed by atoms with Crippen LogP contribution in [0.25, 0.3) is 11.0 Å². The van der Waals surface area contributed by atoms with Gasteiger partial charge in [-0.1, -0.05) is 0 Å². The van der Waals surface area contributed by atoms with Crippen LogP contribution in [-0.2, 0) is 9.30 Å². The summed E-state index contributed by atoms with van der Waals surface area (Å²) in [6.07, 6.45) is -0.347. The molecule has 0 amide bonds. The van der Waals surface area contributed by atoms with E-state index in [1.54, 1.807) is 19.5 Å². The molecule has 126 valence electrons. The Bertz CT molecular complexity index is 812. The van der Waals surface area contributed by atoms with Crippen LogP contribution in [0.15, 0.2) is 17.3 Å². The molecule has 2 aromatic rings. The van der Waals surface area contributed by atoms with Gasteiger partial charge in [-0.25, -0.2) is 4.98 Å². The maximum atomic E-state index is 11.7. The Balaban J connectivity index is 1.87. The van der Waals surface area contributed by atoms with E-state index < -0.39 is 31.6 Å². The lowest BCUT2D eigenvalue weighted by atomic mass is 10.0. The fraction of sp³-hybridized carbons (Fsp3) is 0.538. The summed E-state index contributed by atoms with van der Waals surface area (Å²) in [6.45, 7) is 3.16.